The first-order chi connectivity index (χ1) is 21.3. The SMILES string of the molecule is COC(C)(C)OC(C)Cc1cnc2c(c1)cc(/C(=C/C1CCCC1)OS(=O)(=O)c1ccc(C)cc1)n2S(=O)(=O)c1ccccc1. The number of hydrogen-bond acceptors (Lipinski definition) is 8. The van der Waals surface area contributed by atoms with Crippen molar-refractivity contribution < 1.29 is 30.5 Å². The van der Waals surface area contributed by atoms with E-state index in [1.54, 1.807) is 55.8 Å². The molecule has 11 heteroatoms. The molecular weight excluding hydrogens is 613 g/mol. The average molecular weight is 653 g/mol. The van der Waals surface area contributed by atoms with Crippen LogP contribution in [0.1, 0.15) is 63.3 Å². The number of aromatic nitrogens is 2. The second-order valence-corrected chi connectivity index (χ2v) is 15.4. The van der Waals surface area contributed by atoms with Crippen molar-refractivity contribution in [1.82, 2.24) is 8.96 Å². The summed E-state index contributed by atoms with van der Waals surface area (Å²) in [5, 5.41) is 0.522. The van der Waals surface area contributed by atoms with Gasteiger partial charge in [-0.2, -0.15) is 8.42 Å². The summed E-state index contributed by atoms with van der Waals surface area (Å²) in [5.41, 5.74) is 1.97. The molecule has 2 aromatic carbocycles. The number of nitrogens with zero attached hydrogens (tertiary/aromatic N) is 2. The van der Waals surface area contributed by atoms with Crippen molar-refractivity contribution in [3.8, 4) is 0 Å². The molecule has 1 fully saturated rings. The number of ether oxygens (including phenoxy) is 2. The monoisotopic (exact) mass is 652 g/mol. The van der Waals surface area contributed by atoms with Crippen LogP contribution in [0.3, 0.4) is 0 Å². The van der Waals surface area contributed by atoms with Gasteiger partial charge in [0, 0.05) is 25.1 Å². The first-order valence-corrected chi connectivity index (χ1v) is 17.9. The fourth-order valence-corrected chi connectivity index (χ4v) is 8.05. The summed E-state index contributed by atoms with van der Waals surface area (Å²) >= 11 is 0. The maximum Gasteiger partial charge on any atom is 0.339 e. The minimum absolute atomic E-state index is 0.0209. The maximum atomic E-state index is 14.3. The fourth-order valence-electron chi connectivity index (χ4n) is 5.61. The van der Waals surface area contributed by atoms with E-state index in [-0.39, 0.29) is 38.9 Å². The number of pyridine rings is 1. The second kappa shape index (κ2) is 13.1. The molecule has 5 rings (SSSR count). The molecule has 240 valence electrons. The Kier molecular flexibility index (Phi) is 9.55. The lowest BCUT2D eigenvalue weighted by Gasteiger charge is -2.27. The van der Waals surface area contributed by atoms with Crippen molar-refractivity contribution in [1.29, 1.82) is 0 Å². The molecule has 0 aliphatic heterocycles. The molecule has 0 bridgehead atoms. The summed E-state index contributed by atoms with van der Waals surface area (Å²) in [5.74, 6) is -0.790. The van der Waals surface area contributed by atoms with Crippen molar-refractivity contribution in [2.75, 3.05) is 7.11 Å². The van der Waals surface area contributed by atoms with Gasteiger partial charge in [-0.1, -0.05) is 48.7 Å². The van der Waals surface area contributed by atoms with Crippen LogP contribution in [-0.2, 0) is 40.2 Å². The predicted octanol–water partition coefficient (Wildman–Crippen LogP) is 6.85. The highest BCUT2D eigenvalue weighted by molar-refractivity contribution is 7.90. The molecule has 4 aromatic rings. The van der Waals surface area contributed by atoms with E-state index >= 15 is 0 Å². The zero-order valence-corrected chi connectivity index (χ0v) is 27.9. The fraction of sp³-hybridized carbons (Fsp3) is 0.382. The van der Waals surface area contributed by atoms with Gasteiger partial charge in [0.15, 0.2) is 17.2 Å². The summed E-state index contributed by atoms with van der Waals surface area (Å²) in [6.07, 6.45) is 7.33. The zero-order valence-electron chi connectivity index (χ0n) is 26.3. The Balaban J connectivity index is 1.67. The van der Waals surface area contributed by atoms with E-state index in [4.69, 9.17) is 13.7 Å². The molecule has 0 spiro atoms. The molecule has 0 N–H and O–H groups in total. The van der Waals surface area contributed by atoms with Crippen LogP contribution in [0, 0.1) is 12.8 Å². The van der Waals surface area contributed by atoms with Gasteiger partial charge in [0.05, 0.1) is 11.0 Å². The van der Waals surface area contributed by atoms with Crippen LogP contribution < -0.4 is 0 Å². The van der Waals surface area contributed by atoms with Crippen molar-refractivity contribution in [3.63, 3.8) is 0 Å². The Morgan fingerprint density at radius 3 is 2.31 bits per heavy atom. The van der Waals surface area contributed by atoms with Crippen LogP contribution in [-0.4, -0.2) is 44.8 Å². The summed E-state index contributed by atoms with van der Waals surface area (Å²) in [7, 11) is -6.94. The van der Waals surface area contributed by atoms with E-state index < -0.39 is 25.9 Å². The molecular formula is C34H40N2O7S2. The largest absolute Gasteiger partial charge is 0.377 e. The van der Waals surface area contributed by atoms with Crippen LogP contribution in [0.4, 0.5) is 0 Å². The van der Waals surface area contributed by atoms with Gasteiger partial charge in [0.2, 0.25) is 0 Å². The Morgan fingerprint density at radius 2 is 1.67 bits per heavy atom. The third-order valence-corrected chi connectivity index (χ3v) is 11.0. The standard InChI is InChI=1S/C34H40N2O7S2/c1-24-15-17-30(18-16-24)45(39,40)43-32(21-26-11-9-10-12-26)31-22-28-20-27(19-25(2)42-34(3,4)41-5)23-35-33(28)36(31)44(37,38)29-13-7-6-8-14-29/h6-8,13-18,20-23,25-26H,9-12,19H2,1-5H3/b32-21-. The third kappa shape index (κ3) is 7.49. The number of benzene rings is 2. The lowest BCUT2D eigenvalue weighted by molar-refractivity contribution is -0.219. The van der Waals surface area contributed by atoms with Crippen LogP contribution in [0.5, 0.6) is 0 Å². The van der Waals surface area contributed by atoms with Crippen LogP contribution in [0.25, 0.3) is 16.8 Å². The highest BCUT2D eigenvalue weighted by atomic mass is 32.2. The Labute approximate surface area is 266 Å². The van der Waals surface area contributed by atoms with Crippen molar-refractivity contribution in [2.24, 2.45) is 5.92 Å². The number of allylic oxidation sites excluding steroid dienone is 1. The van der Waals surface area contributed by atoms with Crippen molar-refractivity contribution in [2.45, 2.75) is 81.5 Å². The van der Waals surface area contributed by atoms with Gasteiger partial charge in [0.25, 0.3) is 10.0 Å². The summed E-state index contributed by atoms with van der Waals surface area (Å²) in [6, 6.07) is 17.9. The van der Waals surface area contributed by atoms with Crippen molar-refractivity contribution >= 4 is 36.9 Å². The Morgan fingerprint density at radius 1 is 1.00 bits per heavy atom. The van der Waals surface area contributed by atoms with E-state index in [0.29, 0.717) is 11.8 Å². The van der Waals surface area contributed by atoms with Crippen molar-refractivity contribution in [3.05, 3.63) is 95.8 Å². The lowest BCUT2D eigenvalue weighted by Crippen LogP contribution is -2.32. The first-order valence-electron chi connectivity index (χ1n) is 15.1. The van der Waals surface area contributed by atoms with Gasteiger partial charge < -0.3 is 13.7 Å². The Hall–Kier alpha value is -3.51. The average Bonchev–Trinajstić information content (AvgIpc) is 3.65. The minimum atomic E-state index is -4.30. The summed E-state index contributed by atoms with van der Waals surface area (Å²) in [6.45, 7) is 7.44. The molecule has 1 saturated carbocycles. The molecule has 1 unspecified atom stereocenters. The third-order valence-electron chi connectivity index (χ3n) is 7.98. The maximum absolute atomic E-state index is 14.3. The van der Waals surface area contributed by atoms with Gasteiger partial charge in [-0.25, -0.2) is 17.4 Å². The first kappa shape index (κ1) is 32.9. The normalized spacial score (nSPS) is 15.9. The Bertz CT molecular complexity index is 1890. The van der Waals surface area contributed by atoms with E-state index in [1.165, 1.54) is 24.3 Å². The van der Waals surface area contributed by atoms with Crippen LogP contribution in [0.15, 0.2) is 88.8 Å². The molecule has 9 nitrogen and oxygen atoms in total. The molecule has 1 atom stereocenters. The number of hydrogen-bond donors (Lipinski definition) is 0. The highest BCUT2D eigenvalue weighted by Gasteiger charge is 2.30. The smallest absolute Gasteiger partial charge is 0.339 e. The molecule has 2 aromatic heterocycles. The van der Waals surface area contributed by atoms with E-state index in [0.717, 1.165) is 40.8 Å². The molecule has 1 aliphatic rings. The quantitative estimate of drug-likeness (QED) is 0.0928. The summed E-state index contributed by atoms with van der Waals surface area (Å²) < 4.78 is 74.1. The minimum Gasteiger partial charge on any atom is -0.377 e. The molecule has 0 saturated heterocycles. The predicted molar refractivity (Wildman–Crippen MR) is 173 cm³/mol. The zero-order chi connectivity index (χ0) is 32.4. The number of fused-ring (bicyclic) bond motifs is 1. The van der Waals surface area contributed by atoms with E-state index in [2.05, 4.69) is 4.98 Å². The number of methoxy groups -OCH3 is 1. The topological polar surface area (TPSA) is 114 Å². The second-order valence-electron chi connectivity index (χ2n) is 12.0. The number of rotatable bonds is 12. The van der Waals surface area contributed by atoms with Gasteiger partial charge in [-0.15, -0.1) is 0 Å². The highest BCUT2D eigenvalue weighted by Crippen LogP contribution is 2.35. The molecule has 45 heavy (non-hydrogen) atoms. The van der Waals surface area contributed by atoms with E-state index in [1.807, 2.05) is 33.8 Å². The van der Waals surface area contributed by atoms with E-state index in [9.17, 15) is 16.8 Å². The number of aryl methyl sites for hydroxylation is 1. The van der Waals surface area contributed by atoms with Crippen LogP contribution >= 0.6 is 0 Å². The van der Waals surface area contributed by atoms with Gasteiger partial charge in [-0.3, -0.25) is 0 Å². The summed E-state index contributed by atoms with van der Waals surface area (Å²) in [4.78, 5) is 4.63. The molecule has 0 amide bonds. The van der Waals surface area contributed by atoms with Crippen LogP contribution in [0.2, 0.25) is 0 Å². The lowest BCUT2D eigenvalue weighted by atomic mass is 10.1. The molecule has 0 radical (unpaired) electrons. The molecule has 2 heterocycles. The van der Waals surface area contributed by atoms with Gasteiger partial charge in [0.1, 0.15) is 10.6 Å². The molecule has 1 aliphatic carbocycles. The van der Waals surface area contributed by atoms with Gasteiger partial charge >= 0.3 is 10.1 Å². The van der Waals surface area contributed by atoms with Gasteiger partial charge in [-0.05, 0) is 94.5 Å².